The predicted molar refractivity (Wildman–Crippen MR) is 86.1 cm³/mol. The third kappa shape index (κ3) is 3.17. The van der Waals surface area contributed by atoms with Crippen LogP contribution in [0, 0.1) is 5.92 Å². The van der Waals surface area contributed by atoms with Gasteiger partial charge in [0, 0.05) is 12.6 Å². The van der Waals surface area contributed by atoms with E-state index in [2.05, 4.69) is 54.6 Å². The van der Waals surface area contributed by atoms with Gasteiger partial charge in [0.2, 0.25) is 0 Å². The van der Waals surface area contributed by atoms with E-state index in [-0.39, 0.29) is 12.1 Å². The van der Waals surface area contributed by atoms with Crippen molar-refractivity contribution in [3.05, 3.63) is 71.8 Å². The smallest absolute Gasteiger partial charge is 0.0978 e. The number of hydrogen-bond acceptors (Lipinski definition) is 2. The minimum absolute atomic E-state index is 0.00471. The van der Waals surface area contributed by atoms with Gasteiger partial charge in [-0.25, -0.2) is 0 Å². The molecule has 0 bridgehead atoms. The van der Waals surface area contributed by atoms with Gasteiger partial charge in [0.1, 0.15) is 0 Å². The maximum atomic E-state index is 6.54. The van der Waals surface area contributed by atoms with Crippen LogP contribution in [0.2, 0.25) is 0 Å². The molecule has 2 aromatic carbocycles. The van der Waals surface area contributed by atoms with E-state index in [0.717, 1.165) is 0 Å². The van der Waals surface area contributed by atoms with Crippen LogP contribution in [-0.4, -0.2) is 12.6 Å². The van der Waals surface area contributed by atoms with E-state index >= 15 is 0 Å². The molecule has 1 saturated carbocycles. The monoisotopic (exact) mass is 281 g/mol. The summed E-state index contributed by atoms with van der Waals surface area (Å²) in [4.78, 5) is 0. The molecule has 1 aliphatic rings. The van der Waals surface area contributed by atoms with Crippen LogP contribution in [0.15, 0.2) is 60.7 Å². The molecule has 4 unspecified atom stereocenters. The van der Waals surface area contributed by atoms with E-state index in [0.29, 0.717) is 18.4 Å². The Morgan fingerprint density at radius 1 is 1.05 bits per heavy atom. The summed E-state index contributed by atoms with van der Waals surface area (Å²) in [6.07, 6.45) is 1.16. The van der Waals surface area contributed by atoms with Gasteiger partial charge in [0.25, 0.3) is 0 Å². The summed E-state index contributed by atoms with van der Waals surface area (Å²) in [6, 6.07) is 21.1. The zero-order chi connectivity index (χ0) is 14.7. The standard InChI is InChI=1S/C19H23NO/c1-2-21-19(15-11-7-4-8-12-15)18(20)17-13-16(17)14-9-5-3-6-10-14/h3-12,16-19H,2,13,20H2,1H3. The Balaban J connectivity index is 1.73. The first kappa shape index (κ1) is 14.3. The molecular formula is C19H23NO. The second-order valence-corrected chi connectivity index (χ2v) is 5.78. The van der Waals surface area contributed by atoms with Gasteiger partial charge in [-0.15, -0.1) is 0 Å². The van der Waals surface area contributed by atoms with Crippen LogP contribution in [-0.2, 0) is 4.74 Å². The molecule has 0 aromatic heterocycles. The minimum Gasteiger partial charge on any atom is -0.372 e. The highest BCUT2D eigenvalue weighted by Gasteiger charge is 2.45. The second kappa shape index (κ2) is 6.42. The molecule has 0 amide bonds. The van der Waals surface area contributed by atoms with E-state index in [4.69, 9.17) is 10.5 Å². The van der Waals surface area contributed by atoms with Crippen molar-refractivity contribution in [2.45, 2.75) is 31.4 Å². The van der Waals surface area contributed by atoms with Gasteiger partial charge in [-0.3, -0.25) is 0 Å². The van der Waals surface area contributed by atoms with Crippen molar-refractivity contribution in [3.63, 3.8) is 0 Å². The zero-order valence-electron chi connectivity index (χ0n) is 12.5. The molecule has 1 aliphatic carbocycles. The Hall–Kier alpha value is -1.64. The van der Waals surface area contributed by atoms with Crippen molar-refractivity contribution < 1.29 is 4.74 Å². The third-order valence-electron chi connectivity index (χ3n) is 4.39. The maximum absolute atomic E-state index is 6.54. The van der Waals surface area contributed by atoms with Gasteiger partial charge in [0.15, 0.2) is 0 Å². The molecule has 21 heavy (non-hydrogen) atoms. The molecule has 2 aromatic rings. The molecule has 2 N–H and O–H groups in total. The summed E-state index contributed by atoms with van der Waals surface area (Å²) in [5.74, 6) is 1.11. The Bertz CT molecular complexity index is 554. The van der Waals surface area contributed by atoms with Crippen LogP contribution in [0.25, 0.3) is 0 Å². The summed E-state index contributed by atoms with van der Waals surface area (Å²) in [7, 11) is 0. The minimum atomic E-state index is -0.00471. The maximum Gasteiger partial charge on any atom is 0.0978 e. The zero-order valence-corrected chi connectivity index (χ0v) is 12.5. The van der Waals surface area contributed by atoms with Crippen LogP contribution in [0.4, 0.5) is 0 Å². The molecule has 4 atom stereocenters. The fourth-order valence-corrected chi connectivity index (χ4v) is 3.20. The molecule has 110 valence electrons. The number of rotatable bonds is 6. The van der Waals surface area contributed by atoms with Crippen molar-refractivity contribution in [1.29, 1.82) is 0 Å². The molecule has 0 spiro atoms. The van der Waals surface area contributed by atoms with Crippen LogP contribution in [0.3, 0.4) is 0 Å². The topological polar surface area (TPSA) is 35.2 Å². The molecule has 2 nitrogen and oxygen atoms in total. The number of benzene rings is 2. The highest BCUT2D eigenvalue weighted by atomic mass is 16.5. The summed E-state index contributed by atoms with van der Waals surface area (Å²) in [5.41, 5.74) is 9.13. The molecule has 0 heterocycles. The molecule has 0 aliphatic heterocycles. The first-order valence-corrected chi connectivity index (χ1v) is 7.78. The molecule has 2 heteroatoms. The van der Waals surface area contributed by atoms with Gasteiger partial charge in [-0.2, -0.15) is 0 Å². The fraction of sp³-hybridized carbons (Fsp3) is 0.368. The second-order valence-electron chi connectivity index (χ2n) is 5.78. The molecular weight excluding hydrogens is 258 g/mol. The Morgan fingerprint density at radius 2 is 1.67 bits per heavy atom. The summed E-state index contributed by atoms with van der Waals surface area (Å²) < 4.78 is 5.95. The highest BCUT2D eigenvalue weighted by Crippen LogP contribution is 2.51. The lowest BCUT2D eigenvalue weighted by molar-refractivity contribution is 0.0374. The van der Waals surface area contributed by atoms with E-state index in [1.54, 1.807) is 0 Å². The van der Waals surface area contributed by atoms with Crippen LogP contribution in [0.1, 0.15) is 36.5 Å². The quantitative estimate of drug-likeness (QED) is 0.871. The van der Waals surface area contributed by atoms with Crippen molar-refractivity contribution in [1.82, 2.24) is 0 Å². The van der Waals surface area contributed by atoms with E-state index in [9.17, 15) is 0 Å². The lowest BCUT2D eigenvalue weighted by Gasteiger charge is -2.24. The van der Waals surface area contributed by atoms with Gasteiger partial charge in [-0.05, 0) is 36.3 Å². The summed E-state index contributed by atoms with van der Waals surface area (Å²) in [5, 5.41) is 0. The van der Waals surface area contributed by atoms with Crippen molar-refractivity contribution in [3.8, 4) is 0 Å². The average molecular weight is 281 g/mol. The van der Waals surface area contributed by atoms with Crippen molar-refractivity contribution in [2.24, 2.45) is 11.7 Å². The van der Waals surface area contributed by atoms with Crippen molar-refractivity contribution in [2.75, 3.05) is 6.61 Å². The van der Waals surface area contributed by atoms with E-state index in [1.807, 2.05) is 13.0 Å². The predicted octanol–water partition coefficient (Wildman–Crippen LogP) is 3.90. The van der Waals surface area contributed by atoms with Crippen LogP contribution < -0.4 is 5.73 Å². The lowest BCUT2D eigenvalue weighted by Crippen LogP contribution is -2.33. The van der Waals surface area contributed by atoms with Gasteiger partial charge in [0.05, 0.1) is 6.10 Å². The van der Waals surface area contributed by atoms with Crippen molar-refractivity contribution >= 4 is 0 Å². The largest absolute Gasteiger partial charge is 0.372 e. The molecule has 1 fully saturated rings. The number of hydrogen-bond donors (Lipinski definition) is 1. The molecule has 3 rings (SSSR count). The highest BCUT2D eigenvalue weighted by molar-refractivity contribution is 5.28. The molecule has 0 saturated heterocycles. The molecule has 0 radical (unpaired) electrons. The van der Waals surface area contributed by atoms with Gasteiger partial charge >= 0.3 is 0 Å². The van der Waals surface area contributed by atoms with Gasteiger partial charge < -0.3 is 10.5 Å². The number of nitrogens with two attached hydrogens (primary N) is 1. The average Bonchev–Trinajstić information content (AvgIpc) is 3.34. The summed E-state index contributed by atoms with van der Waals surface area (Å²) in [6.45, 7) is 2.72. The Kier molecular flexibility index (Phi) is 4.37. The van der Waals surface area contributed by atoms with E-state index in [1.165, 1.54) is 17.5 Å². The first-order valence-electron chi connectivity index (χ1n) is 7.78. The third-order valence-corrected chi connectivity index (χ3v) is 4.39. The lowest BCUT2D eigenvalue weighted by atomic mass is 9.96. The fourth-order valence-electron chi connectivity index (χ4n) is 3.20. The normalized spacial score (nSPS) is 23.5. The van der Waals surface area contributed by atoms with Crippen LogP contribution in [0.5, 0.6) is 0 Å². The first-order chi connectivity index (χ1) is 10.3. The number of ether oxygens (including phenoxy) is 1. The van der Waals surface area contributed by atoms with Gasteiger partial charge in [-0.1, -0.05) is 60.7 Å². The van der Waals surface area contributed by atoms with E-state index < -0.39 is 0 Å². The SMILES string of the molecule is CCOC(c1ccccc1)C(N)C1CC1c1ccccc1. The Labute approximate surface area is 126 Å². The van der Waals surface area contributed by atoms with Crippen LogP contribution >= 0.6 is 0 Å². The summed E-state index contributed by atoms with van der Waals surface area (Å²) >= 11 is 0. The Morgan fingerprint density at radius 3 is 2.29 bits per heavy atom.